The molecule has 2 aromatic heterocycles. The molecule has 0 saturated heterocycles. The van der Waals surface area contributed by atoms with E-state index in [1.54, 1.807) is 6.20 Å². The van der Waals surface area contributed by atoms with Gasteiger partial charge >= 0.3 is 0 Å². The van der Waals surface area contributed by atoms with E-state index in [-0.39, 0.29) is 6.61 Å². The number of nitrogens with one attached hydrogen (secondary N) is 1. The minimum atomic E-state index is -0.558. The first-order chi connectivity index (χ1) is 15.2. The molecule has 0 bridgehead atoms. The molecule has 1 aliphatic rings. The number of fused-ring (bicyclic) bond motifs is 2. The van der Waals surface area contributed by atoms with Crippen LogP contribution in [0.25, 0.3) is 27.4 Å². The molecule has 0 radical (unpaired) electrons. The van der Waals surface area contributed by atoms with E-state index in [4.69, 9.17) is 16.3 Å². The third kappa shape index (κ3) is 4.30. The zero-order valence-electron chi connectivity index (χ0n) is 17.1. The first-order valence-corrected chi connectivity index (χ1v) is 10.9. The van der Waals surface area contributed by atoms with Crippen molar-refractivity contribution in [1.29, 1.82) is 0 Å². The Morgan fingerprint density at radius 1 is 1.16 bits per heavy atom. The topological polar surface area (TPSA) is 61.4 Å². The highest BCUT2D eigenvalue weighted by Gasteiger charge is 2.18. The van der Waals surface area contributed by atoms with Crippen LogP contribution in [0, 0.1) is 0 Å². The highest BCUT2D eigenvalue weighted by atomic mass is 35.5. The van der Waals surface area contributed by atoms with E-state index in [0.717, 1.165) is 46.7 Å². The molecule has 31 heavy (non-hydrogen) atoms. The summed E-state index contributed by atoms with van der Waals surface area (Å²) < 4.78 is 5.91. The second-order valence-electron chi connectivity index (χ2n) is 7.92. The van der Waals surface area contributed by atoms with Gasteiger partial charge in [0.1, 0.15) is 18.5 Å². The number of aromatic amines is 1. The molecule has 1 aliphatic heterocycles. The fourth-order valence-electron chi connectivity index (χ4n) is 4.22. The van der Waals surface area contributed by atoms with Crippen LogP contribution in [-0.4, -0.2) is 52.3 Å². The Balaban J connectivity index is 1.19. The Bertz CT molecular complexity index is 1240. The molecule has 0 spiro atoms. The SMILES string of the molecule is O[C@@H](COc1cccc2ncccc12)CN1CC=C(c2c[nH]c3cc(Cl)ccc23)CC1. The summed E-state index contributed by atoms with van der Waals surface area (Å²) >= 11 is 6.10. The lowest BCUT2D eigenvalue weighted by molar-refractivity contribution is 0.0722. The third-order valence-corrected chi connectivity index (χ3v) is 6.02. The lowest BCUT2D eigenvalue weighted by atomic mass is 9.99. The number of aliphatic hydroxyl groups excluding tert-OH is 1. The highest BCUT2D eigenvalue weighted by Crippen LogP contribution is 2.30. The number of pyridine rings is 1. The monoisotopic (exact) mass is 433 g/mol. The average Bonchev–Trinajstić information content (AvgIpc) is 3.21. The van der Waals surface area contributed by atoms with Crippen molar-refractivity contribution in [2.24, 2.45) is 0 Å². The van der Waals surface area contributed by atoms with Crippen LogP contribution in [0.1, 0.15) is 12.0 Å². The number of hydrogen-bond acceptors (Lipinski definition) is 4. The smallest absolute Gasteiger partial charge is 0.128 e. The molecular formula is C25H24ClN3O2. The predicted molar refractivity (Wildman–Crippen MR) is 126 cm³/mol. The van der Waals surface area contributed by atoms with Gasteiger partial charge in [-0.15, -0.1) is 0 Å². The molecule has 2 N–H and O–H groups in total. The van der Waals surface area contributed by atoms with Crippen LogP contribution in [0.2, 0.25) is 5.02 Å². The zero-order chi connectivity index (χ0) is 21.2. The van der Waals surface area contributed by atoms with Crippen molar-refractivity contribution in [2.45, 2.75) is 12.5 Å². The number of rotatable bonds is 6. The summed E-state index contributed by atoms with van der Waals surface area (Å²) in [6, 6.07) is 15.6. The van der Waals surface area contributed by atoms with E-state index in [1.165, 1.54) is 16.5 Å². The first-order valence-electron chi connectivity index (χ1n) is 10.5. The lowest BCUT2D eigenvalue weighted by Crippen LogP contribution is -2.38. The van der Waals surface area contributed by atoms with E-state index < -0.39 is 6.10 Å². The molecule has 3 heterocycles. The van der Waals surface area contributed by atoms with Gasteiger partial charge in [-0.2, -0.15) is 0 Å². The van der Waals surface area contributed by atoms with Gasteiger partial charge in [0.15, 0.2) is 0 Å². The maximum atomic E-state index is 10.5. The van der Waals surface area contributed by atoms with Crippen molar-refractivity contribution < 1.29 is 9.84 Å². The molecule has 0 fully saturated rings. The minimum Gasteiger partial charge on any atom is -0.490 e. The summed E-state index contributed by atoms with van der Waals surface area (Å²) in [4.78, 5) is 9.92. The Labute approximate surface area is 185 Å². The van der Waals surface area contributed by atoms with E-state index in [0.29, 0.717) is 6.54 Å². The van der Waals surface area contributed by atoms with Gasteiger partial charge in [0.25, 0.3) is 0 Å². The molecule has 2 aromatic carbocycles. The van der Waals surface area contributed by atoms with Crippen molar-refractivity contribution in [2.75, 3.05) is 26.2 Å². The molecule has 0 saturated carbocycles. The normalized spacial score (nSPS) is 15.9. The molecular weight excluding hydrogens is 410 g/mol. The number of ether oxygens (including phenoxy) is 1. The molecule has 0 amide bonds. The largest absolute Gasteiger partial charge is 0.490 e. The molecule has 0 unspecified atom stereocenters. The molecule has 158 valence electrons. The number of hydrogen-bond donors (Lipinski definition) is 2. The molecule has 5 nitrogen and oxygen atoms in total. The van der Waals surface area contributed by atoms with Crippen LogP contribution in [0.4, 0.5) is 0 Å². The van der Waals surface area contributed by atoms with Gasteiger partial charge in [-0.25, -0.2) is 0 Å². The lowest BCUT2D eigenvalue weighted by Gasteiger charge is -2.28. The van der Waals surface area contributed by atoms with Crippen LogP contribution in [0.5, 0.6) is 5.75 Å². The number of halogens is 1. The summed E-state index contributed by atoms with van der Waals surface area (Å²) in [7, 11) is 0. The van der Waals surface area contributed by atoms with E-state index >= 15 is 0 Å². The van der Waals surface area contributed by atoms with Crippen LogP contribution in [0.15, 0.2) is 67.0 Å². The molecule has 4 aromatic rings. The molecule has 5 rings (SSSR count). The number of β-amino-alcohol motifs (C(OH)–C–C–N with tert-alkyl or cyclic N) is 1. The average molecular weight is 434 g/mol. The summed E-state index contributed by atoms with van der Waals surface area (Å²) in [6.45, 7) is 2.55. The molecule has 1 atom stereocenters. The highest BCUT2D eigenvalue weighted by molar-refractivity contribution is 6.31. The van der Waals surface area contributed by atoms with E-state index in [1.807, 2.05) is 42.5 Å². The maximum Gasteiger partial charge on any atom is 0.128 e. The fourth-order valence-corrected chi connectivity index (χ4v) is 4.40. The summed E-state index contributed by atoms with van der Waals surface area (Å²) in [5.74, 6) is 0.755. The summed E-state index contributed by atoms with van der Waals surface area (Å²) in [5, 5.41) is 13.4. The van der Waals surface area contributed by atoms with Crippen molar-refractivity contribution in [3.63, 3.8) is 0 Å². The van der Waals surface area contributed by atoms with Gasteiger partial charge in [0, 0.05) is 58.9 Å². The predicted octanol–water partition coefficient (Wildman–Crippen LogP) is 4.90. The number of aromatic nitrogens is 2. The first kappa shape index (κ1) is 20.1. The Kier molecular flexibility index (Phi) is 5.64. The third-order valence-electron chi connectivity index (χ3n) is 5.79. The van der Waals surface area contributed by atoms with E-state index in [2.05, 4.69) is 33.2 Å². The van der Waals surface area contributed by atoms with Gasteiger partial charge in [-0.1, -0.05) is 29.8 Å². The van der Waals surface area contributed by atoms with Crippen LogP contribution in [0.3, 0.4) is 0 Å². The number of benzene rings is 2. The van der Waals surface area contributed by atoms with Crippen molar-refractivity contribution in [1.82, 2.24) is 14.9 Å². The van der Waals surface area contributed by atoms with Crippen LogP contribution < -0.4 is 4.74 Å². The van der Waals surface area contributed by atoms with Gasteiger partial charge in [0.2, 0.25) is 0 Å². The minimum absolute atomic E-state index is 0.254. The number of H-pyrrole nitrogens is 1. The second-order valence-corrected chi connectivity index (χ2v) is 8.36. The van der Waals surface area contributed by atoms with Crippen molar-refractivity contribution >= 4 is 39.0 Å². The van der Waals surface area contributed by atoms with Crippen LogP contribution >= 0.6 is 11.6 Å². The van der Waals surface area contributed by atoms with Gasteiger partial charge in [0.05, 0.1) is 5.52 Å². The van der Waals surface area contributed by atoms with Crippen molar-refractivity contribution in [3.05, 3.63) is 77.6 Å². The Morgan fingerprint density at radius 2 is 2.10 bits per heavy atom. The molecule has 0 aliphatic carbocycles. The Morgan fingerprint density at radius 3 is 2.97 bits per heavy atom. The van der Waals surface area contributed by atoms with Crippen molar-refractivity contribution in [3.8, 4) is 5.75 Å². The summed E-state index contributed by atoms with van der Waals surface area (Å²) in [5.41, 5.74) is 4.52. The second kappa shape index (κ2) is 8.71. The van der Waals surface area contributed by atoms with E-state index in [9.17, 15) is 5.11 Å². The maximum absolute atomic E-state index is 10.5. The van der Waals surface area contributed by atoms with Gasteiger partial charge in [-0.05, 0) is 48.4 Å². The Hall–Kier alpha value is -2.86. The standard InChI is InChI=1S/C25H24ClN3O2/c26-18-6-7-20-22(14-28-24(20)13-18)17-8-11-29(12-9-17)15-19(30)16-31-25-5-1-4-23-21(25)3-2-10-27-23/h1-8,10,13-14,19,28,30H,9,11-12,15-16H2/t19-/m1/s1. The fraction of sp³-hybridized carbons (Fsp3) is 0.240. The van der Waals surface area contributed by atoms with Crippen LogP contribution in [-0.2, 0) is 0 Å². The van der Waals surface area contributed by atoms with Gasteiger partial charge in [-0.3, -0.25) is 9.88 Å². The zero-order valence-corrected chi connectivity index (χ0v) is 17.8. The summed E-state index contributed by atoms with van der Waals surface area (Å²) in [6.07, 6.45) is 6.47. The number of nitrogens with zero attached hydrogens (tertiary/aromatic N) is 2. The number of aliphatic hydroxyl groups is 1. The van der Waals surface area contributed by atoms with Gasteiger partial charge < -0.3 is 14.8 Å². The molecule has 6 heteroatoms. The quantitative estimate of drug-likeness (QED) is 0.454.